The summed E-state index contributed by atoms with van der Waals surface area (Å²) in [5, 5.41) is 13.0. The van der Waals surface area contributed by atoms with E-state index >= 15 is 0 Å². The third kappa shape index (κ3) is 1.10. The highest BCUT2D eigenvalue weighted by molar-refractivity contribution is 4.85. The Morgan fingerprint density at radius 3 is 1.07 bits per heavy atom. The fourth-order valence-corrected chi connectivity index (χ4v) is 3.27. The Bertz CT molecular complexity index is 180. The molecule has 0 aromatic rings. The normalized spacial score (nSPS) is 30.6. The quantitative estimate of drug-likeness (QED) is 0.501. The van der Waals surface area contributed by atoms with Gasteiger partial charge in [-0.05, 0) is 57.8 Å². The summed E-state index contributed by atoms with van der Waals surface area (Å²) in [7, 11) is 0. The molecule has 3 aliphatic carbocycles. The maximum atomic E-state index is 13.0. The Hall–Kier alpha value is -0.0800. The molecule has 2 nitrogen and oxygen atoms in total. The van der Waals surface area contributed by atoms with Crippen LogP contribution in [-0.4, -0.2) is 22.8 Å². The van der Waals surface area contributed by atoms with Crippen molar-refractivity contribution in [1.82, 2.24) is 0 Å². The first-order valence-corrected chi connectivity index (χ1v) is 6.41. The van der Waals surface area contributed by atoms with E-state index in [1.807, 2.05) is 0 Å². The van der Waals surface area contributed by atoms with Crippen molar-refractivity contribution < 1.29 is 4.65 Å². The van der Waals surface area contributed by atoms with Gasteiger partial charge in [-0.25, -0.2) is 0 Å². The minimum absolute atomic E-state index is 0.250. The number of quaternary nitrogens is 1. The summed E-state index contributed by atoms with van der Waals surface area (Å²) >= 11 is 0. The van der Waals surface area contributed by atoms with Crippen molar-refractivity contribution in [2.45, 2.75) is 75.9 Å². The van der Waals surface area contributed by atoms with Crippen molar-refractivity contribution in [3.63, 3.8) is 0 Å². The van der Waals surface area contributed by atoms with E-state index in [1.54, 1.807) is 0 Å². The van der Waals surface area contributed by atoms with Gasteiger partial charge in [-0.2, -0.15) is 0 Å². The number of rotatable bonds is 3. The molecule has 80 valence electrons. The van der Waals surface area contributed by atoms with Crippen LogP contribution in [0.5, 0.6) is 0 Å². The molecule has 0 aromatic carbocycles. The van der Waals surface area contributed by atoms with E-state index in [4.69, 9.17) is 0 Å². The van der Waals surface area contributed by atoms with E-state index in [9.17, 15) is 5.21 Å². The molecule has 14 heavy (non-hydrogen) atoms. The van der Waals surface area contributed by atoms with Crippen LogP contribution < -0.4 is 0 Å². The van der Waals surface area contributed by atoms with Gasteiger partial charge in [0, 0.05) is 0 Å². The molecule has 2 heteroatoms. The monoisotopic (exact) mass is 195 g/mol. The third-order valence-electron chi connectivity index (χ3n) is 4.94. The summed E-state index contributed by atoms with van der Waals surface area (Å²) in [5.41, 5.74) is 0. The van der Waals surface area contributed by atoms with Gasteiger partial charge in [0.2, 0.25) is 0 Å². The van der Waals surface area contributed by atoms with Gasteiger partial charge in [0.1, 0.15) is 0 Å². The molecule has 0 amide bonds. The van der Waals surface area contributed by atoms with Crippen LogP contribution in [0.4, 0.5) is 0 Å². The van der Waals surface area contributed by atoms with Crippen LogP contribution in [0, 0.1) is 5.21 Å². The van der Waals surface area contributed by atoms with Crippen LogP contribution in [0.1, 0.15) is 57.8 Å². The van der Waals surface area contributed by atoms with Crippen LogP contribution in [0.2, 0.25) is 0 Å². The lowest BCUT2D eigenvalue weighted by Gasteiger charge is -2.64. The van der Waals surface area contributed by atoms with Gasteiger partial charge in [-0.15, -0.1) is 0 Å². The first kappa shape index (κ1) is 9.17. The molecule has 0 radical (unpaired) electrons. The topological polar surface area (TPSA) is 23.1 Å². The number of hydrogen-bond acceptors (Lipinski definition) is 1. The Morgan fingerprint density at radius 2 is 0.929 bits per heavy atom. The van der Waals surface area contributed by atoms with Crippen LogP contribution in [-0.2, 0) is 0 Å². The maximum Gasteiger partial charge on any atom is 0.0891 e. The molecule has 0 aliphatic heterocycles. The van der Waals surface area contributed by atoms with E-state index in [1.165, 1.54) is 57.8 Å². The largest absolute Gasteiger partial charge is 0.632 e. The van der Waals surface area contributed by atoms with Crippen molar-refractivity contribution in [3.8, 4) is 0 Å². The molecule has 3 fully saturated rings. The number of hydrogen-bond donors (Lipinski definition) is 0. The van der Waals surface area contributed by atoms with Crippen molar-refractivity contribution >= 4 is 0 Å². The van der Waals surface area contributed by atoms with E-state index in [2.05, 4.69) is 0 Å². The molecule has 0 heterocycles. The van der Waals surface area contributed by atoms with Crippen molar-refractivity contribution in [2.75, 3.05) is 0 Å². The van der Waals surface area contributed by atoms with Gasteiger partial charge in [0.05, 0.1) is 18.1 Å². The van der Waals surface area contributed by atoms with Gasteiger partial charge >= 0.3 is 0 Å². The Balaban J connectivity index is 1.76. The molecule has 3 rings (SSSR count). The molecule has 0 unspecified atom stereocenters. The van der Waals surface area contributed by atoms with Crippen molar-refractivity contribution in [2.24, 2.45) is 0 Å². The smallest absolute Gasteiger partial charge is 0.0891 e. The van der Waals surface area contributed by atoms with Gasteiger partial charge < -0.3 is 9.85 Å². The summed E-state index contributed by atoms with van der Waals surface area (Å²) < 4.78 is 0.250. The summed E-state index contributed by atoms with van der Waals surface area (Å²) in [6, 6.07) is 1.52. The lowest BCUT2D eigenvalue weighted by molar-refractivity contribution is -0.967. The minimum Gasteiger partial charge on any atom is -0.632 e. The van der Waals surface area contributed by atoms with E-state index in [0.717, 1.165) is 0 Å². The zero-order valence-corrected chi connectivity index (χ0v) is 8.95. The molecule has 0 aromatic heterocycles. The highest BCUT2D eigenvalue weighted by Crippen LogP contribution is 2.46. The predicted octanol–water partition coefficient (Wildman–Crippen LogP) is 2.96. The molecular weight excluding hydrogens is 174 g/mol. The van der Waals surface area contributed by atoms with Crippen LogP contribution in [0.15, 0.2) is 0 Å². The summed E-state index contributed by atoms with van der Waals surface area (Å²) in [4.78, 5) is 0. The maximum absolute atomic E-state index is 13.0. The fourth-order valence-electron chi connectivity index (χ4n) is 3.27. The molecule has 0 spiro atoms. The number of nitrogens with zero attached hydrogens (tertiary/aromatic N) is 1. The lowest BCUT2D eigenvalue weighted by atomic mass is 9.78. The minimum atomic E-state index is 0.250. The third-order valence-corrected chi connectivity index (χ3v) is 4.94. The standard InChI is InChI=1S/C12H21NO/c14-13(10-4-1-5-10,11-6-2-7-11)12-8-3-9-12/h10-12H,1-9H2. The SMILES string of the molecule is [O-][N+](C1CCC1)(C1CCC1)C1CCC1. The highest BCUT2D eigenvalue weighted by atomic mass is 16.6. The second-order valence-corrected chi connectivity index (χ2v) is 5.52. The fraction of sp³-hybridized carbons (Fsp3) is 1.00. The average molecular weight is 195 g/mol. The lowest BCUT2D eigenvalue weighted by Crippen LogP contribution is -2.68. The van der Waals surface area contributed by atoms with Crippen LogP contribution >= 0.6 is 0 Å². The Labute approximate surface area is 86.5 Å². The van der Waals surface area contributed by atoms with Crippen molar-refractivity contribution in [3.05, 3.63) is 5.21 Å². The summed E-state index contributed by atoms with van der Waals surface area (Å²) in [6.07, 6.45) is 11.2. The summed E-state index contributed by atoms with van der Waals surface area (Å²) in [6.45, 7) is 0. The zero-order valence-electron chi connectivity index (χ0n) is 8.95. The zero-order chi connectivity index (χ0) is 9.60. The molecule has 0 bridgehead atoms. The van der Waals surface area contributed by atoms with Crippen LogP contribution in [0.25, 0.3) is 0 Å². The summed E-state index contributed by atoms with van der Waals surface area (Å²) in [5.74, 6) is 0. The molecule has 3 saturated carbocycles. The molecule has 0 N–H and O–H groups in total. The van der Waals surface area contributed by atoms with E-state index < -0.39 is 0 Å². The van der Waals surface area contributed by atoms with E-state index in [-0.39, 0.29) is 4.65 Å². The Kier molecular flexibility index (Phi) is 2.10. The van der Waals surface area contributed by atoms with Gasteiger partial charge in [0.25, 0.3) is 0 Å². The molecule has 3 aliphatic rings. The average Bonchev–Trinajstić information content (AvgIpc) is 1.69. The highest BCUT2D eigenvalue weighted by Gasteiger charge is 2.48. The van der Waals surface area contributed by atoms with Crippen molar-refractivity contribution in [1.29, 1.82) is 0 Å². The molecule has 0 saturated heterocycles. The number of hydroxylamine groups is 3. The molecular formula is C12H21NO. The first-order valence-electron chi connectivity index (χ1n) is 6.41. The second-order valence-electron chi connectivity index (χ2n) is 5.52. The predicted molar refractivity (Wildman–Crippen MR) is 56.5 cm³/mol. The van der Waals surface area contributed by atoms with Gasteiger partial charge in [-0.1, -0.05) is 0 Å². The molecule has 0 atom stereocenters. The first-order chi connectivity index (χ1) is 6.82. The van der Waals surface area contributed by atoms with Gasteiger partial charge in [-0.3, -0.25) is 0 Å². The van der Waals surface area contributed by atoms with Crippen LogP contribution in [0.3, 0.4) is 0 Å². The van der Waals surface area contributed by atoms with E-state index in [0.29, 0.717) is 18.1 Å². The Morgan fingerprint density at radius 1 is 0.643 bits per heavy atom. The van der Waals surface area contributed by atoms with Gasteiger partial charge in [0.15, 0.2) is 0 Å². The second kappa shape index (κ2) is 3.21.